The van der Waals surface area contributed by atoms with Gasteiger partial charge in [-0.2, -0.15) is 0 Å². The molecule has 4 nitrogen and oxygen atoms in total. The van der Waals surface area contributed by atoms with Gasteiger partial charge in [0.15, 0.2) is 0 Å². The van der Waals surface area contributed by atoms with Gasteiger partial charge in [0.1, 0.15) is 0 Å². The van der Waals surface area contributed by atoms with E-state index >= 15 is 0 Å². The number of likely N-dealkylation sites (N-methyl/N-ethyl adjacent to an activating group) is 1. The minimum atomic E-state index is 0.248. The number of nitrogens with zero attached hydrogens (tertiary/aromatic N) is 3. The zero-order valence-electron chi connectivity index (χ0n) is 11.9. The van der Waals surface area contributed by atoms with Crippen molar-refractivity contribution < 1.29 is 0 Å². The van der Waals surface area contributed by atoms with E-state index in [1.54, 1.807) is 0 Å². The molecule has 1 N–H and O–H groups in total. The molecular weight excluding hydrogens is 236 g/mol. The molecule has 0 saturated heterocycles. The van der Waals surface area contributed by atoms with Crippen LogP contribution in [0.1, 0.15) is 43.5 Å². The van der Waals surface area contributed by atoms with Crippen molar-refractivity contribution in [1.29, 1.82) is 0 Å². The van der Waals surface area contributed by atoms with Crippen LogP contribution in [0.25, 0.3) is 0 Å². The van der Waals surface area contributed by atoms with Gasteiger partial charge >= 0.3 is 0 Å². The normalized spacial score (nSPS) is 14.3. The van der Waals surface area contributed by atoms with E-state index in [0.717, 1.165) is 18.7 Å². The topological polar surface area (TPSA) is 42.7 Å². The van der Waals surface area contributed by atoms with Crippen molar-refractivity contribution >= 4 is 0 Å². The maximum atomic E-state index is 4.06. The molecule has 2 rings (SSSR count). The van der Waals surface area contributed by atoms with Crippen LogP contribution >= 0.6 is 0 Å². The number of hydrogen-bond acceptors (Lipinski definition) is 3. The van der Waals surface area contributed by atoms with Crippen LogP contribution < -0.4 is 5.32 Å². The molecule has 0 radical (unpaired) electrons. The lowest BCUT2D eigenvalue weighted by Crippen LogP contribution is -2.28. The molecule has 19 heavy (non-hydrogen) atoms. The molecule has 0 spiro atoms. The Morgan fingerprint density at radius 1 is 1.21 bits per heavy atom. The third kappa shape index (κ3) is 3.01. The van der Waals surface area contributed by atoms with Crippen LogP contribution in [0.5, 0.6) is 0 Å². The Morgan fingerprint density at radius 2 is 1.95 bits per heavy atom. The molecule has 1 heterocycles. The molecule has 2 unspecified atom stereocenters. The summed E-state index contributed by atoms with van der Waals surface area (Å²) in [6.45, 7) is 5.29. The highest BCUT2D eigenvalue weighted by molar-refractivity contribution is 5.24. The van der Waals surface area contributed by atoms with E-state index < -0.39 is 0 Å². The summed E-state index contributed by atoms with van der Waals surface area (Å²) in [5.41, 5.74) is 2.50. The molecule has 4 heteroatoms. The number of nitrogens with one attached hydrogen (secondary N) is 1. The lowest BCUT2D eigenvalue weighted by atomic mass is 9.87. The van der Waals surface area contributed by atoms with Gasteiger partial charge in [0.2, 0.25) is 0 Å². The fraction of sp³-hybridized carbons (Fsp3) is 0.467. The van der Waals surface area contributed by atoms with Crippen molar-refractivity contribution in [2.45, 2.75) is 32.2 Å². The second-order valence-corrected chi connectivity index (χ2v) is 4.74. The zero-order valence-corrected chi connectivity index (χ0v) is 11.9. The largest absolute Gasteiger partial charge is 0.308 e. The van der Waals surface area contributed by atoms with Gasteiger partial charge in [-0.3, -0.25) is 4.68 Å². The van der Waals surface area contributed by atoms with Crippen molar-refractivity contribution in [1.82, 2.24) is 20.3 Å². The monoisotopic (exact) mass is 258 g/mol. The van der Waals surface area contributed by atoms with Gasteiger partial charge < -0.3 is 5.32 Å². The molecule has 0 bridgehead atoms. The molecule has 2 atom stereocenters. The maximum Gasteiger partial charge on any atom is 0.0759 e. The summed E-state index contributed by atoms with van der Waals surface area (Å²) in [5.74, 6) is 0.429. The predicted molar refractivity (Wildman–Crippen MR) is 76.9 cm³/mol. The van der Waals surface area contributed by atoms with E-state index in [-0.39, 0.29) is 6.04 Å². The van der Waals surface area contributed by atoms with Crippen LogP contribution in [0, 0.1) is 0 Å². The smallest absolute Gasteiger partial charge is 0.0759 e. The Labute approximate surface area is 114 Å². The molecule has 0 saturated carbocycles. The van der Waals surface area contributed by atoms with Crippen LogP contribution in [0.2, 0.25) is 0 Å². The predicted octanol–water partition coefficient (Wildman–Crippen LogP) is 2.66. The van der Waals surface area contributed by atoms with Crippen LogP contribution in [0.15, 0.2) is 36.5 Å². The molecule has 0 aliphatic heterocycles. The van der Waals surface area contributed by atoms with Gasteiger partial charge in [0, 0.05) is 13.0 Å². The molecule has 0 fully saturated rings. The summed E-state index contributed by atoms with van der Waals surface area (Å²) in [7, 11) is 1.95. The highest BCUT2D eigenvalue weighted by atomic mass is 15.4. The minimum Gasteiger partial charge on any atom is -0.308 e. The molecular formula is C15H22N4. The van der Waals surface area contributed by atoms with Crippen LogP contribution in [0.4, 0.5) is 0 Å². The van der Waals surface area contributed by atoms with Gasteiger partial charge in [0.25, 0.3) is 0 Å². The molecule has 1 aromatic heterocycles. The Morgan fingerprint density at radius 3 is 2.47 bits per heavy atom. The first-order valence-electron chi connectivity index (χ1n) is 6.90. The summed E-state index contributed by atoms with van der Waals surface area (Å²) >= 11 is 0. The fourth-order valence-electron chi connectivity index (χ4n) is 2.62. The average molecular weight is 258 g/mol. The first-order valence-corrected chi connectivity index (χ1v) is 6.90. The van der Waals surface area contributed by atoms with Gasteiger partial charge in [-0.1, -0.05) is 49.4 Å². The summed E-state index contributed by atoms with van der Waals surface area (Å²) in [4.78, 5) is 0. The maximum absolute atomic E-state index is 4.06. The van der Waals surface area contributed by atoms with E-state index in [9.17, 15) is 0 Å². The molecule has 0 amide bonds. The van der Waals surface area contributed by atoms with Crippen LogP contribution in [-0.4, -0.2) is 21.5 Å². The van der Waals surface area contributed by atoms with Crippen molar-refractivity contribution in [3.63, 3.8) is 0 Å². The number of rotatable bonds is 6. The molecule has 1 aromatic carbocycles. The second kappa shape index (κ2) is 6.48. The summed E-state index contributed by atoms with van der Waals surface area (Å²) in [5, 5.41) is 11.6. The third-order valence-electron chi connectivity index (χ3n) is 3.56. The average Bonchev–Trinajstić information content (AvgIpc) is 2.86. The Hall–Kier alpha value is -1.68. The van der Waals surface area contributed by atoms with E-state index in [2.05, 4.69) is 59.8 Å². The first kappa shape index (κ1) is 13.7. The molecule has 102 valence electrons. The van der Waals surface area contributed by atoms with Gasteiger partial charge in [-0.15, -0.1) is 5.10 Å². The quantitative estimate of drug-likeness (QED) is 0.866. The Kier molecular flexibility index (Phi) is 4.68. The summed E-state index contributed by atoms with van der Waals surface area (Å²) in [6, 6.07) is 10.9. The minimum absolute atomic E-state index is 0.248. The van der Waals surface area contributed by atoms with Crippen molar-refractivity contribution in [3.05, 3.63) is 47.8 Å². The van der Waals surface area contributed by atoms with Crippen molar-refractivity contribution in [2.75, 3.05) is 6.54 Å². The number of aryl methyl sites for hydroxylation is 1. The van der Waals surface area contributed by atoms with E-state index in [0.29, 0.717) is 5.92 Å². The standard InChI is InChI=1S/C15H22N4/c1-4-13(12-9-7-6-8-10-12)15(16-5-2)14-11-17-18-19(14)3/h6-11,13,15-16H,4-5H2,1-3H3. The summed E-state index contributed by atoms with van der Waals surface area (Å²) in [6.07, 6.45) is 2.94. The zero-order chi connectivity index (χ0) is 13.7. The highest BCUT2D eigenvalue weighted by Gasteiger charge is 2.25. The Bertz CT molecular complexity index is 492. The lowest BCUT2D eigenvalue weighted by Gasteiger charge is -2.27. The fourth-order valence-corrected chi connectivity index (χ4v) is 2.62. The second-order valence-electron chi connectivity index (χ2n) is 4.74. The summed E-state index contributed by atoms with van der Waals surface area (Å²) < 4.78 is 1.86. The third-order valence-corrected chi connectivity index (χ3v) is 3.56. The molecule has 0 aliphatic carbocycles. The number of benzene rings is 1. The van der Waals surface area contributed by atoms with E-state index in [1.807, 2.05) is 17.9 Å². The van der Waals surface area contributed by atoms with Crippen molar-refractivity contribution in [3.8, 4) is 0 Å². The highest BCUT2D eigenvalue weighted by Crippen LogP contribution is 2.32. The lowest BCUT2D eigenvalue weighted by molar-refractivity contribution is 0.420. The SMILES string of the molecule is CCNC(c1cnnn1C)C(CC)c1ccccc1. The van der Waals surface area contributed by atoms with Gasteiger partial charge in [-0.05, 0) is 18.5 Å². The van der Waals surface area contributed by atoms with Gasteiger partial charge in [-0.25, -0.2) is 0 Å². The first-order chi connectivity index (χ1) is 9.27. The number of aromatic nitrogens is 3. The van der Waals surface area contributed by atoms with Crippen LogP contribution in [-0.2, 0) is 7.05 Å². The van der Waals surface area contributed by atoms with Gasteiger partial charge in [0.05, 0.1) is 17.9 Å². The molecule has 0 aliphatic rings. The van der Waals surface area contributed by atoms with Crippen LogP contribution in [0.3, 0.4) is 0 Å². The Balaban J connectivity index is 2.34. The van der Waals surface area contributed by atoms with E-state index in [4.69, 9.17) is 0 Å². The number of hydrogen-bond donors (Lipinski definition) is 1. The van der Waals surface area contributed by atoms with Crippen molar-refractivity contribution in [2.24, 2.45) is 7.05 Å². The molecule has 2 aromatic rings. The van der Waals surface area contributed by atoms with E-state index in [1.165, 1.54) is 5.56 Å².